The maximum absolute atomic E-state index is 5.08. The molecule has 0 aliphatic carbocycles. The third kappa shape index (κ3) is 5.17. The number of hydrogen-bond donors (Lipinski definition) is 0. The predicted octanol–water partition coefficient (Wildman–Crippen LogP) is 2.76. The molecule has 0 atom stereocenters. The van der Waals surface area contributed by atoms with E-state index in [1.165, 1.54) is 12.0 Å². The van der Waals surface area contributed by atoms with Gasteiger partial charge in [0.25, 0.3) is 0 Å². The molecule has 0 heterocycles. The summed E-state index contributed by atoms with van der Waals surface area (Å²) in [4.78, 5) is 0. The van der Waals surface area contributed by atoms with Crippen molar-refractivity contribution in [1.29, 1.82) is 0 Å². The molecule has 0 unspecified atom stereocenters. The fourth-order valence-electron chi connectivity index (χ4n) is 0.727. The highest BCUT2D eigenvalue weighted by Gasteiger charge is 1.88. The van der Waals surface area contributed by atoms with Crippen LogP contribution < -0.4 is 0 Å². The lowest BCUT2D eigenvalue weighted by molar-refractivity contribution is 0.840. The maximum atomic E-state index is 5.08. The van der Waals surface area contributed by atoms with Crippen LogP contribution in [0.2, 0.25) is 0 Å². The van der Waals surface area contributed by atoms with Crippen molar-refractivity contribution in [2.75, 3.05) is 0 Å². The molecule has 0 heteroatoms. The van der Waals surface area contributed by atoms with E-state index in [1.54, 1.807) is 0 Å². The van der Waals surface area contributed by atoms with Crippen LogP contribution in [0.5, 0.6) is 0 Å². The molecule has 0 aliphatic rings. The average Bonchev–Trinajstić information content (AvgIpc) is 1.85. The normalized spacial score (nSPS) is 8.44. The predicted molar refractivity (Wildman–Crippen MR) is 42.1 cm³/mol. The molecule has 0 aromatic rings. The largest absolute Gasteiger partial charge is 0.120 e. The standard InChI is InChI=1S/C9H14/c1-4-6-8-9(3)7-5-2/h1H,3,5-8H2,2H3. The molecule has 0 saturated heterocycles. The fraction of sp³-hybridized carbons (Fsp3) is 0.556. The Morgan fingerprint density at radius 3 is 2.67 bits per heavy atom. The lowest BCUT2D eigenvalue weighted by atomic mass is 10.1. The zero-order valence-corrected chi connectivity index (χ0v) is 6.11. The maximum Gasteiger partial charge on any atom is 0.0123 e. The van der Waals surface area contributed by atoms with Crippen molar-refractivity contribution in [3.8, 4) is 12.3 Å². The molecule has 9 heavy (non-hydrogen) atoms. The van der Waals surface area contributed by atoms with Crippen LogP contribution in [0, 0.1) is 12.3 Å². The Morgan fingerprint density at radius 2 is 2.22 bits per heavy atom. The van der Waals surface area contributed by atoms with E-state index in [1.807, 2.05) is 0 Å². The first-order valence-corrected chi connectivity index (χ1v) is 3.41. The average molecular weight is 122 g/mol. The monoisotopic (exact) mass is 122 g/mol. The Kier molecular flexibility index (Phi) is 5.01. The Bertz CT molecular complexity index is 114. The van der Waals surface area contributed by atoms with E-state index >= 15 is 0 Å². The zero-order chi connectivity index (χ0) is 7.11. The van der Waals surface area contributed by atoms with Crippen molar-refractivity contribution in [3.63, 3.8) is 0 Å². The fourth-order valence-corrected chi connectivity index (χ4v) is 0.727. The van der Waals surface area contributed by atoms with Gasteiger partial charge in [0, 0.05) is 6.42 Å². The zero-order valence-electron chi connectivity index (χ0n) is 6.11. The molecule has 0 bridgehead atoms. The second kappa shape index (κ2) is 5.44. The van der Waals surface area contributed by atoms with E-state index in [4.69, 9.17) is 6.42 Å². The molecule has 0 radical (unpaired) electrons. The highest BCUT2D eigenvalue weighted by molar-refractivity contribution is 4.98. The van der Waals surface area contributed by atoms with Crippen molar-refractivity contribution < 1.29 is 0 Å². The SMILES string of the molecule is C#CCCC(=C)CCC. The van der Waals surface area contributed by atoms with Gasteiger partial charge in [-0.3, -0.25) is 0 Å². The summed E-state index contributed by atoms with van der Waals surface area (Å²) in [5.41, 5.74) is 1.29. The van der Waals surface area contributed by atoms with E-state index in [0.29, 0.717) is 0 Å². The van der Waals surface area contributed by atoms with Crippen molar-refractivity contribution in [3.05, 3.63) is 12.2 Å². The molecule has 0 fully saturated rings. The summed E-state index contributed by atoms with van der Waals surface area (Å²) in [5.74, 6) is 2.60. The van der Waals surface area contributed by atoms with Gasteiger partial charge in [0.05, 0.1) is 0 Å². The molecule has 0 aromatic carbocycles. The Morgan fingerprint density at radius 1 is 1.56 bits per heavy atom. The highest BCUT2D eigenvalue weighted by Crippen LogP contribution is 2.07. The van der Waals surface area contributed by atoms with E-state index in [2.05, 4.69) is 19.4 Å². The summed E-state index contributed by atoms with van der Waals surface area (Å²) in [6.07, 6.45) is 9.24. The molecule has 0 spiro atoms. The van der Waals surface area contributed by atoms with Gasteiger partial charge in [-0.15, -0.1) is 12.3 Å². The van der Waals surface area contributed by atoms with E-state index in [9.17, 15) is 0 Å². The molecule has 0 aliphatic heterocycles. The Labute approximate surface area is 58.0 Å². The quantitative estimate of drug-likeness (QED) is 0.397. The van der Waals surface area contributed by atoms with E-state index in [-0.39, 0.29) is 0 Å². The minimum Gasteiger partial charge on any atom is -0.120 e. The molecular formula is C9H14. The summed E-state index contributed by atoms with van der Waals surface area (Å²) in [6, 6.07) is 0. The summed E-state index contributed by atoms with van der Waals surface area (Å²) >= 11 is 0. The first-order chi connectivity index (χ1) is 4.31. The third-order valence-electron chi connectivity index (χ3n) is 1.23. The van der Waals surface area contributed by atoms with Crippen molar-refractivity contribution >= 4 is 0 Å². The summed E-state index contributed by atoms with van der Waals surface area (Å²) < 4.78 is 0. The van der Waals surface area contributed by atoms with Crippen LogP contribution in [0.3, 0.4) is 0 Å². The van der Waals surface area contributed by atoms with Gasteiger partial charge in [0.1, 0.15) is 0 Å². The van der Waals surface area contributed by atoms with Crippen LogP contribution in [0.15, 0.2) is 12.2 Å². The molecular weight excluding hydrogens is 108 g/mol. The van der Waals surface area contributed by atoms with Crippen LogP contribution in [0.25, 0.3) is 0 Å². The van der Waals surface area contributed by atoms with Gasteiger partial charge >= 0.3 is 0 Å². The Balaban J connectivity index is 3.19. The second-order valence-corrected chi connectivity index (χ2v) is 2.20. The topological polar surface area (TPSA) is 0 Å². The van der Waals surface area contributed by atoms with Gasteiger partial charge in [0.2, 0.25) is 0 Å². The molecule has 0 rings (SSSR count). The van der Waals surface area contributed by atoms with E-state index in [0.717, 1.165) is 19.3 Å². The number of allylic oxidation sites excluding steroid dienone is 1. The molecule has 0 N–H and O–H groups in total. The molecule has 0 aromatic heterocycles. The third-order valence-corrected chi connectivity index (χ3v) is 1.23. The lowest BCUT2D eigenvalue weighted by Crippen LogP contribution is -1.78. The van der Waals surface area contributed by atoms with Gasteiger partial charge in [-0.1, -0.05) is 25.5 Å². The first-order valence-electron chi connectivity index (χ1n) is 3.41. The highest BCUT2D eigenvalue weighted by atomic mass is 13.9. The summed E-state index contributed by atoms with van der Waals surface area (Å²) in [6.45, 7) is 6.04. The van der Waals surface area contributed by atoms with Crippen LogP contribution in [-0.4, -0.2) is 0 Å². The van der Waals surface area contributed by atoms with Crippen LogP contribution >= 0.6 is 0 Å². The van der Waals surface area contributed by atoms with Crippen molar-refractivity contribution in [2.45, 2.75) is 32.6 Å². The number of hydrogen-bond acceptors (Lipinski definition) is 0. The molecule has 0 saturated carbocycles. The summed E-state index contributed by atoms with van der Waals surface area (Å²) in [5, 5.41) is 0. The minimum absolute atomic E-state index is 0.846. The van der Waals surface area contributed by atoms with Crippen LogP contribution in [0.4, 0.5) is 0 Å². The minimum atomic E-state index is 0.846. The van der Waals surface area contributed by atoms with Gasteiger partial charge in [-0.05, 0) is 12.8 Å². The van der Waals surface area contributed by atoms with Crippen LogP contribution in [0.1, 0.15) is 32.6 Å². The van der Waals surface area contributed by atoms with Gasteiger partial charge in [0.15, 0.2) is 0 Å². The number of terminal acetylenes is 1. The second-order valence-electron chi connectivity index (χ2n) is 2.20. The summed E-state index contributed by atoms with van der Waals surface area (Å²) in [7, 11) is 0. The van der Waals surface area contributed by atoms with Gasteiger partial charge in [-0.25, -0.2) is 0 Å². The molecule has 50 valence electrons. The van der Waals surface area contributed by atoms with Gasteiger partial charge < -0.3 is 0 Å². The molecule has 0 nitrogen and oxygen atoms in total. The van der Waals surface area contributed by atoms with Gasteiger partial charge in [-0.2, -0.15) is 0 Å². The lowest BCUT2D eigenvalue weighted by Gasteiger charge is -1.97. The van der Waals surface area contributed by atoms with Crippen molar-refractivity contribution in [1.82, 2.24) is 0 Å². The van der Waals surface area contributed by atoms with E-state index < -0.39 is 0 Å². The number of rotatable bonds is 4. The van der Waals surface area contributed by atoms with Crippen molar-refractivity contribution in [2.24, 2.45) is 0 Å². The Hall–Kier alpha value is -0.700. The first kappa shape index (κ1) is 8.30. The van der Waals surface area contributed by atoms with Crippen LogP contribution in [-0.2, 0) is 0 Å². The molecule has 0 amide bonds. The smallest absolute Gasteiger partial charge is 0.0123 e.